The zero-order valence-corrected chi connectivity index (χ0v) is 14.3. The minimum Gasteiger partial charge on any atom is -0.484 e. The lowest BCUT2D eigenvalue weighted by atomic mass is 10.1. The van der Waals surface area contributed by atoms with E-state index in [1.54, 1.807) is 0 Å². The number of fused-ring (bicyclic) bond motifs is 1. The van der Waals surface area contributed by atoms with Gasteiger partial charge in [-0.3, -0.25) is 9.59 Å². The summed E-state index contributed by atoms with van der Waals surface area (Å²) >= 11 is 0. The highest BCUT2D eigenvalue weighted by Gasteiger charge is 2.37. The largest absolute Gasteiger partial charge is 0.484 e. The Labute approximate surface area is 159 Å². The van der Waals surface area contributed by atoms with E-state index in [1.165, 1.54) is 24.3 Å². The number of benzene rings is 2. The average molecular weight is 419 g/mol. The highest BCUT2D eigenvalue weighted by Crippen LogP contribution is 2.35. The fraction of sp³-hybridized carbons (Fsp3) is 0.222. The van der Waals surface area contributed by atoms with Crippen LogP contribution in [0.5, 0.6) is 11.5 Å². The lowest BCUT2D eigenvalue weighted by Crippen LogP contribution is -2.29. The third-order valence-electron chi connectivity index (χ3n) is 3.72. The standard InChI is InChI=1S/C18H11F6NO4/c19-17(20,21)8-28-11-5-10(6-12(7-11)29-9-18(22,23)24)25-15(26)13-3-1-2-4-14(13)16(25)27/h1-7H,8-9H2. The first-order valence-electron chi connectivity index (χ1n) is 7.97. The monoisotopic (exact) mass is 419 g/mol. The van der Waals surface area contributed by atoms with Gasteiger partial charge in [0, 0.05) is 18.2 Å². The van der Waals surface area contributed by atoms with Gasteiger partial charge in [0.05, 0.1) is 16.8 Å². The lowest BCUT2D eigenvalue weighted by molar-refractivity contribution is -0.153. The zero-order chi connectivity index (χ0) is 21.4. The molecule has 3 rings (SSSR count). The predicted octanol–water partition coefficient (Wildman–Crippen LogP) is 4.37. The second-order valence-corrected chi connectivity index (χ2v) is 5.96. The first-order valence-corrected chi connectivity index (χ1v) is 7.97. The summed E-state index contributed by atoms with van der Waals surface area (Å²) in [7, 11) is 0. The minimum atomic E-state index is -4.71. The van der Waals surface area contributed by atoms with Gasteiger partial charge in [0.25, 0.3) is 11.8 Å². The minimum absolute atomic E-state index is 0.0527. The van der Waals surface area contributed by atoms with Crippen molar-refractivity contribution in [2.24, 2.45) is 0 Å². The van der Waals surface area contributed by atoms with Crippen molar-refractivity contribution in [1.29, 1.82) is 0 Å². The fourth-order valence-corrected chi connectivity index (χ4v) is 2.61. The summed E-state index contributed by atoms with van der Waals surface area (Å²) in [5.74, 6) is -2.59. The number of carbonyl (C=O) groups excluding carboxylic acids is 2. The van der Waals surface area contributed by atoms with Gasteiger partial charge in [0.2, 0.25) is 0 Å². The van der Waals surface area contributed by atoms with E-state index < -0.39 is 48.9 Å². The Kier molecular flexibility index (Phi) is 5.16. The number of hydrogen-bond acceptors (Lipinski definition) is 4. The van der Waals surface area contributed by atoms with E-state index in [4.69, 9.17) is 0 Å². The van der Waals surface area contributed by atoms with Crippen molar-refractivity contribution in [1.82, 2.24) is 0 Å². The lowest BCUT2D eigenvalue weighted by Gasteiger charge is -2.18. The normalized spacial score (nSPS) is 14.2. The number of ether oxygens (including phenoxy) is 2. The summed E-state index contributed by atoms with van der Waals surface area (Å²) in [5.41, 5.74) is -0.179. The molecule has 0 saturated carbocycles. The van der Waals surface area contributed by atoms with Gasteiger partial charge in [-0.25, -0.2) is 4.90 Å². The Balaban J connectivity index is 1.96. The molecule has 11 heteroatoms. The topological polar surface area (TPSA) is 55.8 Å². The van der Waals surface area contributed by atoms with Gasteiger partial charge < -0.3 is 9.47 Å². The third kappa shape index (κ3) is 4.79. The molecule has 1 aliphatic rings. The number of carbonyl (C=O) groups is 2. The van der Waals surface area contributed by atoms with Crippen molar-refractivity contribution in [3.8, 4) is 11.5 Å². The van der Waals surface area contributed by atoms with Crippen LogP contribution in [0.2, 0.25) is 0 Å². The fourth-order valence-electron chi connectivity index (χ4n) is 2.61. The van der Waals surface area contributed by atoms with Gasteiger partial charge in [-0.05, 0) is 12.1 Å². The quantitative estimate of drug-likeness (QED) is 0.534. The van der Waals surface area contributed by atoms with Gasteiger partial charge in [-0.1, -0.05) is 12.1 Å². The molecule has 0 aliphatic carbocycles. The summed E-state index contributed by atoms with van der Waals surface area (Å²) in [6.45, 7) is -3.45. The number of alkyl halides is 6. The maximum atomic E-state index is 12.5. The molecular formula is C18H11F6NO4. The van der Waals surface area contributed by atoms with Crippen LogP contribution in [0.25, 0.3) is 0 Å². The third-order valence-corrected chi connectivity index (χ3v) is 3.72. The van der Waals surface area contributed by atoms with E-state index in [9.17, 15) is 35.9 Å². The molecular weight excluding hydrogens is 408 g/mol. The molecule has 1 aliphatic heterocycles. The van der Waals surface area contributed by atoms with Gasteiger partial charge in [-0.15, -0.1) is 0 Å². The van der Waals surface area contributed by atoms with Crippen LogP contribution in [-0.2, 0) is 0 Å². The molecule has 0 bridgehead atoms. The van der Waals surface area contributed by atoms with Crippen LogP contribution in [0.15, 0.2) is 42.5 Å². The number of hydrogen-bond donors (Lipinski definition) is 0. The van der Waals surface area contributed by atoms with Gasteiger partial charge in [0.1, 0.15) is 11.5 Å². The van der Waals surface area contributed by atoms with Crippen molar-refractivity contribution in [2.75, 3.05) is 18.1 Å². The molecule has 1 heterocycles. The van der Waals surface area contributed by atoms with E-state index in [-0.39, 0.29) is 16.8 Å². The molecule has 2 aromatic carbocycles. The Bertz CT molecular complexity index is 883. The van der Waals surface area contributed by atoms with Crippen molar-refractivity contribution >= 4 is 17.5 Å². The number of anilines is 1. The number of halogens is 6. The van der Waals surface area contributed by atoms with Gasteiger partial charge in [0.15, 0.2) is 13.2 Å². The highest BCUT2D eigenvalue weighted by molar-refractivity contribution is 6.34. The average Bonchev–Trinajstić information content (AvgIpc) is 2.88. The Hall–Kier alpha value is -3.24. The van der Waals surface area contributed by atoms with E-state index in [1.807, 2.05) is 0 Å². The smallest absolute Gasteiger partial charge is 0.422 e. The number of amides is 2. The summed E-state index contributed by atoms with van der Waals surface area (Å²) in [5, 5.41) is 0. The second kappa shape index (κ2) is 7.30. The first-order chi connectivity index (χ1) is 13.4. The second-order valence-electron chi connectivity index (χ2n) is 5.96. The molecule has 0 atom stereocenters. The molecule has 0 saturated heterocycles. The SMILES string of the molecule is O=C1c2ccccc2C(=O)N1c1cc(OCC(F)(F)F)cc(OCC(F)(F)F)c1. The summed E-state index contributed by atoms with van der Waals surface area (Å²) < 4.78 is 83.7. The molecule has 29 heavy (non-hydrogen) atoms. The van der Waals surface area contributed by atoms with E-state index in [0.29, 0.717) is 4.90 Å². The number of imide groups is 1. The zero-order valence-electron chi connectivity index (χ0n) is 14.3. The van der Waals surface area contributed by atoms with Crippen LogP contribution in [0.1, 0.15) is 20.7 Å². The first kappa shape index (κ1) is 20.5. The summed E-state index contributed by atoms with van der Waals surface area (Å²) in [6.07, 6.45) is -9.42. The van der Waals surface area contributed by atoms with Crippen LogP contribution in [0, 0.1) is 0 Å². The molecule has 2 aromatic rings. The van der Waals surface area contributed by atoms with Crippen LogP contribution < -0.4 is 14.4 Å². The van der Waals surface area contributed by atoms with Crippen molar-refractivity contribution in [2.45, 2.75) is 12.4 Å². The molecule has 0 unspecified atom stereocenters. The predicted molar refractivity (Wildman–Crippen MR) is 87.1 cm³/mol. The summed E-state index contributed by atoms with van der Waals surface area (Å²) in [4.78, 5) is 25.7. The molecule has 0 fully saturated rings. The van der Waals surface area contributed by atoms with Gasteiger partial charge >= 0.3 is 12.4 Å². The van der Waals surface area contributed by atoms with Crippen molar-refractivity contribution in [3.05, 3.63) is 53.6 Å². The van der Waals surface area contributed by atoms with Crippen LogP contribution in [-0.4, -0.2) is 37.4 Å². The molecule has 5 nitrogen and oxygen atoms in total. The number of nitrogens with zero attached hydrogens (tertiary/aromatic N) is 1. The van der Waals surface area contributed by atoms with E-state index >= 15 is 0 Å². The molecule has 154 valence electrons. The maximum Gasteiger partial charge on any atom is 0.422 e. The molecule has 2 amide bonds. The Morgan fingerprint density at radius 1 is 0.724 bits per heavy atom. The molecule has 0 spiro atoms. The summed E-state index contributed by atoms with van der Waals surface area (Å²) in [6, 6.07) is 8.45. The van der Waals surface area contributed by atoms with Crippen molar-refractivity contribution < 1.29 is 45.4 Å². The van der Waals surface area contributed by atoms with Gasteiger partial charge in [-0.2, -0.15) is 26.3 Å². The Morgan fingerprint density at radius 2 is 1.14 bits per heavy atom. The van der Waals surface area contributed by atoms with E-state index in [0.717, 1.165) is 18.2 Å². The Morgan fingerprint density at radius 3 is 1.52 bits per heavy atom. The van der Waals surface area contributed by atoms with Crippen LogP contribution >= 0.6 is 0 Å². The molecule has 0 radical (unpaired) electrons. The maximum absolute atomic E-state index is 12.5. The van der Waals surface area contributed by atoms with E-state index in [2.05, 4.69) is 9.47 Å². The highest BCUT2D eigenvalue weighted by atomic mass is 19.4. The van der Waals surface area contributed by atoms with Crippen LogP contribution in [0.4, 0.5) is 32.0 Å². The molecule has 0 N–H and O–H groups in total. The van der Waals surface area contributed by atoms with Crippen molar-refractivity contribution in [3.63, 3.8) is 0 Å². The number of rotatable bonds is 5. The van der Waals surface area contributed by atoms with Crippen LogP contribution in [0.3, 0.4) is 0 Å². The molecule has 0 aromatic heterocycles.